The number of aromatic nitrogens is 1. The number of ether oxygens (including phenoxy) is 2. The van der Waals surface area contributed by atoms with E-state index in [1.165, 1.54) is 6.92 Å². The number of carbonyl (C=O) groups is 2. The van der Waals surface area contributed by atoms with Gasteiger partial charge in [-0.25, -0.2) is 20.4 Å². The van der Waals surface area contributed by atoms with Gasteiger partial charge in [-0.15, -0.1) is 0 Å². The lowest BCUT2D eigenvalue weighted by Gasteiger charge is -2.15. The van der Waals surface area contributed by atoms with Crippen LogP contribution in [0.25, 0.3) is 0 Å². The molecule has 1 aromatic heterocycles. The van der Waals surface area contributed by atoms with E-state index in [0.29, 0.717) is 17.6 Å². The Balaban J connectivity index is 2.09. The molecular formula is C26H31N4O6+. The summed E-state index contributed by atoms with van der Waals surface area (Å²) < 4.78 is 11.2. The third-order valence-electron chi connectivity index (χ3n) is 5.24. The molecule has 2 aromatic rings. The summed E-state index contributed by atoms with van der Waals surface area (Å²) in [5.74, 6) is -1.40. The molecule has 0 amide bonds. The SMILES string of the molecule is C=C(C)C(=O)OCCCn1c(O)c(C#N)c(C)c(N[NH2+]c2ccc(CCOC(=O)C(=C)C)cc2)c1=O. The number of nitrogens with zero attached hydrogens (tertiary/aromatic N) is 2. The molecule has 0 radical (unpaired) electrons. The normalized spacial score (nSPS) is 10.3. The molecule has 0 aliphatic heterocycles. The van der Waals surface area contributed by atoms with Gasteiger partial charge >= 0.3 is 11.9 Å². The first-order chi connectivity index (χ1) is 17.1. The number of benzene rings is 1. The van der Waals surface area contributed by atoms with Gasteiger partial charge in [-0.2, -0.15) is 5.26 Å². The van der Waals surface area contributed by atoms with Gasteiger partial charge in [-0.3, -0.25) is 9.36 Å². The molecule has 0 aliphatic carbocycles. The van der Waals surface area contributed by atoms with Crippen LogP contribution >= 0.6 is 0 Å². The lowest BCUT2D eigenvalue weighted by molar-refractivity contribution is -0.538. The lowest BCUT2D eigenvalue weighted by atomic mass is 10.1. The van der Waals surface area contributed by atoms with Gasteiger partial charge in [0.15, 0.2) is 11.4 Å². The highest BCUT2D eigenvalue weighted by Gasteiger charge is 2.20. The van der Waals surface area contributed by atoms with Gasteiger partial charge < -0.3 is 14.6 Å². The number of rotatable bonds is 12. The summed E-state index contributed by atoms with van der Waals surface area (Å²) >= 11 is 0. The third kappa shape index (κ3) is 7.32. The molecule has 10 nitrogen and oxygen atoms in total. The fraction of sp³-hybridized carbons (Fsp3) is 0.308. The number of pyridine rings is 1. The minimum absolute atomic E-state index is 0.0240. The second kappa shape index (κ2) is 12.9. The van der Waals surface area contributed by atoms with Gasteiger partial charge in [-0.05, 0) is 32.8 Å². The van der Waals surface area contributed by atoms with E-state index in [9.17, 15) is 24.8 Å². The van der Waals surface area contributed by atoms with Gasteiger partial charge in [0.1, 0.15) is 11.6 Å². The van der Waals surface area contributed by atoms with Crippen LogP contribution in [0.15, 0.2) is 53.4 Å². The number of nitriles is 1. The first-order valence-electron chi connectivity index (χ1n) is 11.3. The highest BCUT2D eigenvalue weighted by molar-refractivity contribution is 5.87. The standard InChI is InChI=1S/C26H30N4O6/c1-16(2)25(33)35-13-6-12-30-23(31)21(15-27)18(5)22(24(30)32)29-28-20-9-7-19(8-10-20)11-14-36-26(34)17(3)4/h7-10,28-29,31H,1,3,6,11-14H2,2,4-5H3/p+1. The maximum atomic E-state index is 13.1. The number of anilines is 1. The molecule has 10 heteroatoms. The van der Waals surface area contributed by atoms with E-state index in [1.807, 2.05) is 30.3 Å². The molecule has 1 heterocycles. The number of aromatic hydroxyl groups is 1. The zero-order valence-corrected chi connectivity index (χ0v) is 20.7. The van der Waals surface area contributed by atoms with Crippen molar-refractivity contribution in [3.63, 3.8) is 0 Å². The Morgan fingerprint density at radius 3 is 2.25 bits per heavy atom. The van der Waals surface area contributed by atoms with Crippen molar-refractivity contribution in [3.05, 3.63) is 75.6 Å². The summed E-state index contributed by atoms with van der Waals surface area (Å²) in [6.07, 6.45) is 0.800. The molecule has 36 heavy (non-hydrogen) atoms. The summed E-state index contributed by atoms with van der Waals surface area (Å²) in [5, 5.41) is 20.0. The van der Waals surface area contributed by atoms with Crippen LogP contribution in [0.2, 0.25) is 0 Å². The third-order valence-corrected chi connectivity index (χ3v) is 5.24. The average Bonchev–Trinajstić information content (AvgIpc) is 2.84. The number of carbonyl (C=O) groups excluding carboxylic acids is 2. The zero-order valence-electron chi connectivity index (χ0n) is 20.7. The van der Waals surface area contributed by atoms with Gasteiger partial charge in [0.05, 0.1) is 13.2 Å². The van der Waals surface area contributed by atoms with Crippen LogP contribution in [-0.2, 0) is 32.0 Å². The van der Waals surface area contributed by atoms with Crippen molar-refractivity contribution >= 4 is 23.3 Å². The molecule has 0 aliphatic rings. The largest absolute Gasteiger partial charge is 0.493 e. The van der Waals surface area contributed by atoms with E-state index in [4.69, 9.17) is 9.47 Å². The number of esters is 2. The van der Waals surface area contributed by atoms with E-state index in [-0.39, 0.29) is 43.0 Å². The quantitative estimate of drug-likeness (QED) is 0.101. The maximum absolute atomic E-state index is 13.1. The van der Waals surface area contributed by atoms with Crippen molar-refractivity contribution in [1.82, 2.24) is 4.57 Å². The average molecular weight is 496 g/mol. The molecule has 0 bridgehead atoms. The van der Waals surface area contributed by atoms with Crippen molar-refractivity contribution in [1.29, 1.82) is 5.26 Å². The van der Waals surface area contributed by atoms with Gasteiger partial charge in [0, 0.05) is 41.8 Å². The molecule has 4 N–H and O–H groups in total. The Kier molecular flexibility index (Phi) is 10.0. The van der Waals surface area contributed by atoms with E-state index >= 15 is 0 Å². The fourth-order valence-corrected chi connectivity index (χ4v) is 3.16. The summed E-state index contributed by atoms with van der Waals surface area (Å²) in [5.41, 5.74) is 6.84. The predicted octanol–water partition coefficient (Wildman–Crippen LogP) is 2.13. The Morgan fingerprint density at radius 1 is 1.11 bits per heavy atom. The molecule has 2 rings (SSSR count). The first kappa shape index (κ1) is 27.9. The van der Waals surface area contributed by atoms with E-state index in [2.05, 4.69) is 18.6 Å². The van der Waals surface area contributed by atoms with E-state index < -0.39 is 23.4 Å². The van der Waals surface area contributed by atoms with Crippen LogP contribution in [0.4, 0.5) is 11.4 Å². The molecule has 0 fully saturated rings. The van der Waals surface area contributed by atoms with Gasteiger partial charge in [0.2, 0.25) is 5.88 Å². The Morgan fingerprint density at radius 2 is 1.69 bits per heavy atom. The number of quaternary nitrogens is 1. The topological polar surface area (TPSA) is 147 Å². The Bertz CT molecular complexity index is 1260. The van der Waals surface area contributed by atoms with Crippen molar-refractivity contribution in [2.75, 3.05) is 18.6 Å². The molecular weight excluding hydrogens is 464 g/mol. The molecule has 190 valence electrons. The van der Waals surface area contributed by atoms with Crippen LogP contribution in [0.1, 0.15) is 37.0 Å². The van der Waals surface area contributed by atoms with Crippen LogP contribution in [0, 0.1) is 18.3 Å². The highest BCUT2D eigenvalue weighted by Crippen LogP contribution is 2.23. The van der Waals surface area contributed by atoms with Crippen LogP contribution in [0.5, 0.6) is 5.88 Å². The Hall–Kier alpha value is -4.36. The van der Waals surface area contributed by atoms with Crippen LogP contribution < -0.4 is 16.4 Å². The summed E-state index contributed by atoms with van der Waals surface area (Å²) in [6.45, 7) is 12.0. The van der Waals surface area contributed by atoms with Crippen LogP contribution in [-0.4, -0.2) is 34.8 Å². The minimum atomic E-state index is -0.538. The van der Waals surface area contributed by atoms with Crippen molar-refractivity contribution < 1.29 is 29.6 Å². The van der Waals surface area contributed by atoms with E-state index in [1.54, 1.807) is 19.3 Å². The maximum Gasteiger partial charge on any atom is 0.333 e. The van der Waals surface area contributed by atoms with Crippen molar-refractivity contribution in [2.45, 2.75) is 40.2 Å². The Labute approximate surface area is 209 Å². The molecule has 0 unspecified atom stereocenters. The zero-order chi connectivity index (χ0) is 26.8. The second-order valence-electron chi connectivity index (χ2n) is 8.23. The highest BCUT2D eigenvalue weighted by atomic mass is 16.5. The van der Waals surface area contributed by atoms with E-state index in [0.717, 1.165) is 15.8 Å². The monoisotopic (exact) mass is 495 g/mol. The molecule has 0 saturated heterocycles. The second-order valence-corrected chi connectivity index (χ2v) is 8.23. The molecule has 0 spiro atoms. The summed E-state index contributed by atoms with van der Waals surface area (Å²) in [4.78, 5) is 36.0. The predicted molar refractivity (Wildman–Crippen MR) is 133 cm³/mol. The van der Waals surface area contributed by atoms with Crippen LogP contribution in [0.3, 0.4) is 0 Å². The number of hydrogen-bond acceptors (Lipinski definition) is 8. The van der Waals surface area contributed by atoms with Crippen molar-refractivity contribution in [3.8, 4) is 11.9 Å². The van der Waals surface area contributed by atoms with Gasteiger partial charge in [0.25, 0.3) is 5.56 Å². The first-order valence-corrected chi connectivity index (χ1v) is 11.3. The molecule has 0 saturated carbocycles. The molecule has 1 aromatic carbocycles. The summed E-state index contributed by atoms with van der Waals surface area (Å²) in [6, 6.07) is 9.34. The fourth-order valence-electron chi connectivity index (χ4n) is 3.16. The number of hydrogen-bond donors (Lipinski definition) is 3. The number of nitrogen functional groups attached to an aromatic ring is 1. The lowest BCUT2D eigenvalue weighted by Crippen LogP contribution is -2.83. The van der Waals surface area contributed by atoms with Gasteiger partial charge in [-0.1, -0.05) is 25.3 Å². The number of nitrogens with one attached hydrogen (secondary N) is 1. The minimum Gasteiger partial charge on any atom is -0.493 e. The number of nitrogens with two attached hydrogens (primary N) is 1. The smallest absolute Gasteiger partial charge is 0.333 e. The summed E-state index contributed by atoms with van der Waals surface area (Å²) in [7, 11) is 0. The van der Waals surface area contributed by atoms with Crippen molar-refractivity contribution in [2.24, 2.45) is 0 Å². The molecule has 0 atom stereocenters.